The zero-order valence-corrected chi connectivity index (χ0v) is 16.0. The van der Waals surface area contributed by atoms with E-state index in [1.54, 1.807) is 24.3 Å². The summed E-state index contributed by atoms with van der Waals surface area (Å²) in [7, 11) is 0. The monoisotopic (exact) mass is 366 g/mol. The van der Waals surface area contributed by atoms with Gasteiger partial charge in [0.2, 0.25) is 0 Å². The van der Waals surface area contributed by atoms with E-state index in [2.05, 4.69) is 28.8 Å². The van der Waals surface area contributed by atoms with Gasteiger partial charge < -0.3 is 15.4 Å². The SMILES string of the molecule is Cc1ccc(C)c([C@@H](C)NC(=O)c2cccc(NC(=O)[C@@H]3CCCO3)c2)c1. The Morgan fingerprint density at radius 3 is 2.70 bits per heavy atom. The van der Waals surface area contributed by atoms with Crippen LogP contribution in [0.25, 0.3) is 0 Å². The highest BCUT2D eigenvalue weighted by molar-refractivity contribution is 5.98. The molecule has 2 N–H and O–H groups in total. The van der Waals surface area contributed by atoms with Crippen LogP contribution in [0.3, 0.4) is 0 Å². The van der Waals surface area contributed by atoms with Crippen molar-refractivity contribution >= 4 is 17.5 Å². The van der Waals surface area contributed by atoms with E-state index in [-0.39, 0.29) is 17.9 Å². The van der Waals surface area contributed by atoms with E-state index in [1.165, 1.54) is 0 Å². The van der Waals surface area contributed by atoms with Gasteiger partial charge in [0.1, 0.15) is 6.10 Å². The Balaban J connectivity index is 1.67. The number of anilines is 1. The van der Waals surface area contributed by atoms with Gasteiger partial charge >= 0.3 is 0 Å². The molecule has 0 spiro atoms. The van der Waals surface area contributed by atoms with Crippen LogP contribution in [0.2, 0.25) is 0 Å². The largest absolute Gasteiger partial charge is 0.368 e. The van der Waals surface area contributed by atoms with Crippen molar-refractivity contribution in [3.05, 3.63) is 64.7 Å². The molecule has 1 saturated heterocycles. The highest BCUT2D eigenvalue weighted by Crippen LogP contribution is 2.20. The van der Waals surface area contributed by atoms with Crippen LogP contribution in [-0.4, -0.2) is 24.5 Å². The Labute approximate surface area is 160 Å². The predicted molar refractivity (Wildman–Crippen MR) is 106 cm³/mol. The molecule has 2 amide bonds. The third-order valence-corrected chi connectivity index (χ3v) is 4.86. The van der Waals surface area contributed by atoms with Crippen LogP contribution in [0, 0.1) is 13.8 Å². The second kappa shape index (κ2) is 8.35. The third kappa shape index (κ3) is 4.74. The second-order valence-corrected chi connectivity index (χ2v) is 7.13. The average molecular weight is 366 g/mol. The van der Waals surface area contributed by atoms with Crippen molar-refractivity contribution in [3.63, 3.8) is 0 Å². The highest BCUT2D eigenvalue weighted by atomic mass is 16.5. The van der Waals surface area contributed by atoms with E-state index in [0.29, 0.717) is 17.9 Å². The van der Waals surface area contributed by atoms with Crippen molar-refractivity contribution in [3.8, 4) is 0 Å². The van der Waals surface area contributed by atoms with E-state index in [9.17, 15) is 9.59 Å². The summed E-state index contributed by atoms with van der Waals surface area (Å²) >= 11 is 0. The second-order valence-electron chi connectivity index (χ2n) is 7.13. The maximum absolute atomic E-state index is 12.7. The van der Waals surface area contributed by atoms with E-state index in [1.807, 2.05) is 20.8 Å². The molecule has 3 rings (SSSR count). The number of ether oxygens (including phenoxy) is 1. The molecule has 1 fully saturated rings. The van der Waals surface area contributed by atoms with Gasteiger partial charge in [-0.2, -0.15) is 0 Å². The molecule has 2 aromatic rings. The fourth-order valence-electron chi connectivity index (χ4n) is 3.33. The molecule has 5 heteroatoms. The molecule has 1 heterocycles. The van der Waals surface area contributed by atoms with Crippen LogP contribution < -0.4 is 10.6 Å². The number of carbonyl (C=O) groups is 2. The predicted octanol–water partition coefficient (Wildman–Crippen LogP) is 3.91. The highest BCUT2D eigenvalue weighted by Gasteiger charge is 2.23. The van der Waals surface area contributed by atoms with Crippen molar-refractivity contribution < 1.29 is 14.3 Å². The molecular weight excluding hydrogens is 340 g/mol. The summed E-state index contributed by atoms with van der Waals surface area (Å²) in [6, 6.07) is 13.1. The van der Waals surface area contributed by atoms with E-state index >= 15 is 0 Å². The molecule has 0 unspecified atom stereocenters. The number of benzene rings is 2. The summed E-state index contributed by atoms with van der Waals surface area (Å²) < 4.78 is 5.40. The van der Waals surface area contributed by atoms with Gasteiger partial charge in [-0.1, -0.05) is 29.8 Å². The van der Waals surface area contributed by atoms with Crippen molar-refractivity contribution in [2.24, 2.45) is 0 Å². The Morgan fingerprint density at radius 2 is 1.96 bits per heavy atom. The van der Waals surface area contributed by atoms with Crippen molar-refractivity contribution in [2.45, 2.75) is 45.8 Å². The first-order valence-corrected chi connectivity index (χ1v) is 9.34. The maximum Gasteiger partial charge on any atom is 0.253 e. The average Bonchev–Trinajstić information content (AvgIpc) is 3.18. The van der Waals surface area contributed by atoms with Gasteiger partial charge in [-0.05, 0) is 62.9 Å². The zero-order chi connectivity index (χ0) is 19.4. The molecule has 0 aliphatic carbocycles. The van der Waals surface area contributed by atoms with E-state index in [4.69, 9.17) is 4.74 Å². The summed E-state index contributed by atoms with van der Waals surface area (Å²) in [4.78, 5) is 24.9. The molecule has 2 aromatic carbocycles. The van der Waals surface area contributed by atoms with Gasteiger partial charge in [0.05, 0.1) is 6.04 Å². The Kier molecular flexibility index (Phi) is 5.91. The smallest absolute Gasteiger partial charge is 0.253 e. The molecule has 1 aliphatic rings. The van der Waals surface area contributed by atoms with Crippen LogP contribution in [0.5, 0.6) is 0 Å². The van der Waals surface area contributed by atoms with Crippen molar-refractivity contribution in [1.29, 1.82) is 0 Å². The minimum absolute atomic E-state index is 0.109. The quantitative estimate of drug-likeness (QED) is 0.843. The maximum atomic E-state index is 12.7. The number of hydrogen-bond donors (Lipinski definition) is 2. The topological polar surface area (TPSA) is 67.4 Å². The van der Waals surface area contributed by atoms with E-state index < -0.39 is 6.10 Å². The van der Waals surface area contributed by atoms with Gasteiger partial charge in [0.15, 0.2) is 0 Å². The molecular formula is C22H26N2O3. The number of hydrogen-bond acceptors (Lipinski definition) is 3. The van der Waals surface area contributed by atoms with Crippen LogP contribution >= 0.6 is 0 Å². The molecule has 2 atom stereocenters. The summed E-state index contributed by atoms with van der Waals surface area (Å²) in [6.45, 7) is 6.68. The molecule has 142 valence electrons. The van der Waals surface area contributed by atoms with Crippen molar-refractivity contribution in [2.75, 3.05) is 11.9 Å². The van der Waals surface area contributed by atoms with Gasteiger partial charge in [-0.3, -0.25) is 9.59 Å². The summed E-state index contributed by atoms with van der Waals surface area (Å²) in [5.74, 6) is -0.328. The molecule has 27 heavy (non-hydrogen) atoms. The molecule has 0 bridgehead atoms. The van der Waals surface area contributed by atoms with Crippen LogP contribution in [0.15, 0.2) is 42.5 Å². The minimum atomic E-state index is -0.396. The zero-order valence-electron chi connectivity index (χ0n) is 16.0. The Bertz CT molecular complexity index is 841. The lowest BCUT2D eigenvalue weighted by atomic mass is 9.99. The number of nitrogens with one attached hydrogen (secondary N) is 2. The van der Waals surface area contributed by atoms with E-state index in [0.717, 1.165) is 29.5 Å². The normalized spacial score (nSPS) is 17.4. The number of amides is 2. The van der Waals surface area contributed by atoms with Gasteiger partial charge in [0.25, 0.3) is 11.8 Å². The Morgan fingerprint density at radius 1 is 1.15 bits per heavy atom. The summed E-state index contributed by atoms with van der Waals surface area (Å²) in [6.07, 6.45) is 1.24. The molecule has 5 nitrogen and oxygen atoms in total. The third-order valence-electron chi connectivity index (χ3n) is 4.86. The molecule has 0 aromatic heterocycles. The molecule has 0 radical (unpaired) electrons. The first kappa shape index (κ1) is 19.1. The number of aryl methyl sites for hydroxylation is 2. The fraction of sp³-hybridized carbons (Fsp3) is 0.364. The fourth-order valence-corrected chi connectivity index (χ4v) is 3.33. The van der Waals surface area contributed by atoms with Gasteiger partial charge in [-0.25, -0.2) is 0 Å². The van der Waals surface area contributed by atoms with Crippen molar-refractivity contribution in [1.82, 2.24) is 5.32 Å². The first-order valence-electron chi connectivity index (χ1n) is 9.34. The Hall–Kier alpha value is -2.66. The first-order chi connectivity index (χ1) is 12.9. The van der Waals surface area contributed by atoms with Gasteiger partial charge in [0, 0.05) is 17.9 Å². The van der Waals surface area contributed by atoms with Crippen LogP contribution in [0.4, 0.5) is 5.69 Å². The number of rotatable bonds is 5. The summed E-state index contributed by atoms with van der Waals surface area (Å²) in [5, 5.41) is 5.88. The lowest BCUT2D eigenvalue weighted by Crippen LogP contribution is -2.28. The van der Waals surface area contributed by atoms with Crippen LogP contribution in [0.1, 0.15) is 52.9 Å². The standard InChI is InChI=1S/C22H26N2O3/c1-14-9-10-15(2)19(12-14)16(3)23-21(25)17-6-4-7-18(13-17)24-22(26)20-8-5-11-27-20/h4,6-7,9-10,12-13,16,20H,5,8,11H2,1-3H3,(H,23,25)(H,24,26)/t16-,20+/m1/s1. The summed E-state index contributed by atoms with van der Waals surface area (Å²) in [5.41, 5.74) is 4.52. The van der Waals surface area contributed by atoms with Gasteiger partial charge in [-0.15, -0.1) is 0 Å². The lowest BCUT2D eigenvalue weighted by Gasteiger charge is -2.18. The number of carbonyl (C=O) groups excluding carboxylic acids is 2. The van der Waals surface area contributed by atoms with Crippen LogP contribution in [-0.2, 0) is 9.53 Å². The molecule has 1 aliphatic heterocycles. The lowest BCUT2D eigenvalue weighted by molar-refractivity contribution is -0.124. The minimum Gasteiger partial charge on any atom is -0.368 e. The molecule has 0 saturated carbocycles.